The van der Waals surface area contributed by atoms with Crippen molar-refractivity contribution in [1.82, 2.24) is 10.6 Å². The number of aliphatic carboxylic acids is 1. The highest BCUT2D eigenvalue weighted by Crippen LogP contribution is 2.38. The minimum atomic E-state index is -0.957. The third kappa shape index (κ3) is 4.83. The molecule has 1 aliphatic carbocycles. The van der Waals surface area contributed by atoms with Crippen LogP contribution in [0.5, 0.6) is 0 Å². The third-order valence-corrected chi connectivity index (χ3v) is 3.83. The SMILES string of the molecule is CCNC(=O)CNC(=O)CC1(C(=O)O)CCCCCC1. The van der Waals surface area contributed by atoms with Gasteiger partial charge < -0.3 is 15.7 Å². The van der Waals surface area contributed by atoms with Crippen LogP contribution in [-0.2, 0) is 14.4 Å². The fraction of sp³-hybridized carbons (Fsp3) is 0.786. The Bertz CT molecular complexity index is 360. The summed E-state index contributed by atoms with van der Waals surface area (Å²) in [6, 6.07) is 0. The van der Waals surface area contributed by atoms with E-state index >= 15 is 0 Å². The second-order valence-electron chi connectivity index (χ2n) is 5.41. The third-order valence-electron chi connectivity index (χ3n) is 3.83. The molecular formula is C14H24N2O4. The van der Waals surface area contributed by atoms with E-state index in [2.05, 4.69) is 10.6 Å². The van der Waals surface area contributed by atoms with Crippen molar-refractivity contribution in [3.05, 3.63) is 0 Å². The van der Waals surface area contributed by atoms with E-state index in [4.69, 9.17) is 0 Å². The normalized spacial score (nSPS) is 17.9. The summed E-state index contributed by atoms with van der Waals surface area (Å²) in [5.74, 6) is -1.51. The fourth-order valence-corrected chi connectivity index (χ4v) is 2.68. The van der Waals surface area contributed by atoms with E-state index in [1.165, 1.54) is 0 Å². The molecule has 0 saturated heterocycles. The average Bonchev–Trinajstić information content (AvgIpc) is 2.63. The van der Waals surface area contributed by atoms with Crippen molar-refractivity contribution in [1.29, 1.82) is 0 Å². The highest BCUT2D eigenvalue weighted by molar-refractivity contribution is 5.88. The van der Waals surface area contributed by atoms with Crippen molar-refractivity contribution < 1.29 is 19.5 Å². The molecule has 0 aliphatic heterocycles. The zero-order valence-electron chi connectivity index (χ0n) is 12.0. The van der Waals surface area contributed by atoms with Crippen LogP contribution in [0.15, 0.2) is 0 Å². The van der Waals surface area contributed by atoms with Gasteiger partial charge >= 0.3 is 5.97 Å². The molecule has 6 heteroatoms. The van der Waals surface area contributed by atoms with Gasteiger partial charge in [-0.05, 0) is 19.8 Å². The Morgan fingerprint density at radius 3 is 2.10 bits per heavy atom. The fourth-order valence-electron chi connectivity index (χ4n) is 2.68. The van der Waals surface area contributed by atoms with Crippen LogP contribution in [0.1, 0.15) is 51.9 Å². The lowest BCUT2D eigenvalue weighted by Gasteiger charge is -2.27. The van der Waals surface area contributed by atoms with Gasteiger partial charge in [0.2, 0.25) is 11.8 Å². The predicted octanol–water partition coefficient (Wildman–Crippen LogP) is 1.05. The molecule has 114 valence electrons. The lowest BCUT2D eigenvalue weighted by atomic mass is 9.77. The Morgan fingerprint density at radius 2 is 1.60 bits per heavy atom. The molecule has 2 amide bonds. The molecule has 0 aromatic heterocycles. The van der Waals surface area contributed by atoms with Crippen molar-refractivity contribution in [2.75, 3.05) is 13.1 Å². The number of carboxylic acids is 1. The topological polar surface area (TPSA) is 95.5 Å². The summed E-state index contributed by atoms with van der Waals surface area (Å²) in [4.78, 5) is 34.7. The van der Waals surface area contributed by atoms with Gasteiger partial charge in [-0.2, -0.15) is 0 Å². The van der Waals surface area contributed by atoms with Gasteiger partial charge in [0.25, 0.3) is 0 Å². The van der Waals surface area contributed by atoms with Gasteiger partial charge in [-0.1, -0.05) is 25.7 Å². The minimum absolute atomic E-state index is 0.0399. The highest BCUT2D eigenvalue weighted by atomic mass is 16.4. The standard InChI is InChI=1S/C14H24N2O4/c1-2-15-12(18)10-16-11(17)9-14(13(19)20)7-5-3-4-6-8-14/h2-10H2,1H3,(H,15,18)(H,16,17)(H,19,20). The van der Waals surface area contributed by atoms with E-state index in [0.29, 0.717) is 19.4 Å². The molecule has 1 fully saturated rings. The molecule has 0 spiro atoms. The second-order valence-corrected chi connectivity index (χ2v) is 5.41. The van der Waals surface area contributed by atoms with Gasteiger partial charge in [0.05, 0.1) is 12.0 Å². The van der Waals surface area contributed by atoms with Crippen LogP contribution in [0.25, 0.3) is 0 Å². The summed E-state index contributed by atoms with van der Waals surface area (Å²) >= 11 is 0. The summed E-state index contributed by atoms with van der Waals surface area (Å²) in [5, 5.41) is 14.5. The molecule has 0 bridgehead atoms. The smallest absolute Gasteiger partial charge is 0.310 e. The van der Waals surface area contributed by atoms with E-state index in [9.17, 15) is 19.5 Å². The molecular weight excluding hydrogens is 260 g/mol. The predicted molar refractivity (Wildman–Crippen MR) is 74.1 cm³/mol. The van der Waals surface area contributed by atoms with E-state index < -0.39 is 11.4 Å². The van der Waals surface area contributed by atoms with Crippen LogP contribution < -0.4 is 10.6 Å². The summed E-state index contributed by atoms with van der Waals surface area (Å²) in [6.07, 6.45) is 4.77. The first-order valence-electron chi connectivity index (χ1n) is 7.27. The lowest BCUT2D eigenvalue weighted by molar-refractivity contribution is -0.152. The number of hydrogen-bond donors (Lipinski definition) is 3. The number of carbonyl (C=O) groups excluding carboxylic acids is 2. The van der Waals surface area contributed by atoms with E-state index in [1.54, 1.807) is 6.92 Å². The Hall–Kier alpha value is -1.59. The van der Waals surface area contributed by atoms with Gasteiger partial charge in [0.15, 0.2) is 0 Å². The van der Waals surface area contributed by atoms with Crippen molar-refractivity contribution in [2.24, 2.45) is 5.41 Å². The Labute approximate surface area is 119 Å². The summed E-state index contributed by atoms with van der Waals surface area (Å²) in [7, 11) is 0. The quantitative estimate of drug-likeness (QED) is 0.635. The van der Waals surface area contributed by atoms with E-state index in [0.717, 1.165) is 25.7 Å². The first-order valence-corrected chi connectivity index (χ1v) is 7.27. The number of amides is 2. The van der Waals surface area contributed by atoms with Crippen molar-refractivity contribution >= 4 is 17.8 Å². The first-order chi connectivity index (χ1) is 9.50. The first kappa shape index (κ1) is 16.5. The number of carboxylic acid groups (broad SMARTS) is 1. The zero-order chi connectivity index (χ0) is 15.0. The van der Waals surface area contributed by atoms with Gasteiger partial charge in [-0.15, -0.1) is 0 Å². The molecule has 1 saturated carbocycles. The molecule has 20 heavy (non-hydrogen) atoms. The molecule has 0 radical (unpaired) electrons. The maximum atomic E-state index is 11.9. The van der Waals surface area contributed by atoms with Crippen LogP contribution in [0, 0.1) is 5.41 Å². The van der Waals surface area contributed by atoms with E-state index in [1.807, 2.05) is 0 Å². The molecule has 0 heterocycles. The van der Waals surface area contributed by atoms with E-state index in [-0.39, 0.29) is 24.8 Å². The van der Waals surface area contributed by atoms with Crippen LogP contribution in [0.4, 0.5) is 0 Å². The molecule has 0 atom stereocenters. The Kier molecular flexibility index (Phi) is 6.48. The van der Waals surface area contributed by atoms with Gasteiger partial charge in [0, 0.05) is 13.0 Å². The maximum Gasteiger partial charge on any atom is 0.310 e. The van der Waals surface area contributed by atoms with Crippen LogP contribution in [-0.4, -0.2) is 36.0 Å². The summed E-state index contributed by atoms with van der Waals surface area (Å²) in [6.45, 7) is 2.21. The van der Waals surface area contributed by atoms with Gasteiger partial charge in [-0.25, -0.2) is 0 Å². The number of hydrogen-bond acceptors (Lipinski definition) is 3. The molecule has 1 rings (SSSR count). The number of carbonyl (C=O) groups is 3. The van der Waals surface area contributed by atoms with Crippen molar-refractivity contribution in [2.45, 2.75) is 51.9 Å². The Morgan fingerprint density at radius 1 is 1.00 bits per heavy atom. The van der Waals surface area contributed by atoms with Crippen molar-refractivity contribution in [3.8, 4) is 0 Å². The minimum Gasteiger partial charge on any atom is -0.481 e. The summed E-state index contributed by atoms with van der Waals surface area (Å²) < 4.78 is 0. The molecule has 3 N–H and O–H groups in total. The number of rotatable bonds is 6. The molecule has 6 nitrogen and oxygen atoms in total. The zero-order valence-corrected chi connectivity index (χ0v) is 12.0. The molecule has 0 aromatic carbocycles. The largest absolute Gasteiger partial charge is 0.481 e. The highest BCUT2D eigenvalue weighted by Gasteiger charge is 2.40. The van der Waals surface area contributed by atoms with Crippen molar-refractivity contribution in [3.63, 3.8) is 0 Å². The monoisotopic (exact) mass is 284 g/mol. The van der Waals surface area contributed by atoms with Gasteiger partial charge in [0.1, 0.15) is 0 Å². The van der Waals surface area contributed by atoms with Crippen LogP contribution in [0.3, 0.4) is 0 Å². The Balaban J connectivity index is 2.54. The lowest BCUT2D eigenvalue weighted by Crippen LogP contribution is -2.41. The van der Waals surface area contributed by atoms with Crippen LogP contribution >= 0.6 is 0 Å². The average molecular weight is 284 g/mol. The molecule has 0 unspecified atom stereocenters. The number of nitrogens with one attached hydrogen (secondary N) is 2. The van der Waals surface area contributed by atoms with Crippen LogP contribution in [0.2, 0.25) is 0 Å². The molecule has 1 aliphatic rings. The van der Waals surface area contributed by atoms with Gasteiger partial charge in [-0.3, -0.25) is 14.4 Å². The second kappa shape index (κ2) is 7.87. The molecule has 0 aromatic rings. The number of likely N-dealkylation sites (N-methyl/N-ethyl adjacent to an activating group) is 1. The summed E-state index contributed by atoms with van der Waals surface area (Å²) in [5.41, 5.74) is -0.957. The maximum absolute atomic E-state index is 11.9.